The van der Waals surface area contributed by atoms with Crippen molar-refractivity contribution in [3.8, 4) is 5.75 Å². The van der Waals surface area contributed by atoms with E-state index in [1.54, 1.807) is 25.1 Å². The maximum atomic E-state index is 13.3. The third kappa shape index (κ3) is 2.71. The zero-order valence-electron chi connectivity index (χ0n) is 16.8. The SMILES string of the molecule is CN(C)c1ccc(O)c2c1C[C@H]1CC3/C(=N/O)C(O)=C(C(N)=O)C(=O)C3C(O)=C1C2=O. The number of aliphatic hydroxyl groups excluding tert-OH is 2. The topological polar surface area (TPSA) is 174 Å². The molecule has 1 aromatic rings. The maximum absolute atomic E-state index is 13.3. The van der Waals surface area contributed by atoms with Crippen LogP contribution in [-0.2, 0) is 16.0 Å². The van der Waals surface area contributed by atoms with Gasteiger partial charge in [-0.05, 0) is 36.5 Å². The van der Waals surface area contributed by atoms with E-state index in [2.05, 4.69) is 5.16 Å². The molecule has 3 atom stereocenters. The molecule has 0 spiro atoms. The predicted molar refractivity (Wildman–Crippen MR) is 108 cm³/mol. The summed E-state index contributed by atoms with van der Waals surface area (Å²) in [6.07, 6.45) is 0.366. The van der Waals surface area contributed by atoms with E-state index in [1.165, 1.54) is 6.07 Å². The summed E-state index contributed by atoms with van der Waals surface area (Å²) in [5.74, 6) is -7.35. The average molecular weight is 427 g/mol. The minimum atomic E-state index is -1.40. The van der Waals surface area contributed by atoms with Crippen LogP contribution in [0.3, 0.4) is 0 Å². The molecule has 2 unspecified atom stereocenters. The number of carbonyl (C=O) groups excluding carboxylic acids is 3. The number of rotatable bonds is 2. The Morgan fingerprint density at radius 1 is 1.19 bits per heavy atom. The summed E-state index contributed by atoms with van der Waals surface area (Å²) in [6.45, 7) is 0. The van der Waals surface area contributed by atoms with Crippen molar-refractivity contribution in [3.05, 3.63) is 45.9 Å². The van der Waals surface area contributed by atoms with Crippen LogP contribution in [0.5, 0.6) is 5.75 Å². The Morgan fingerprint density at radius 3 is 2.45 bits per heavy atom. The van der Waals surface area contributed by atoms with Crippen LogP contribution < -0.4 is 10.6 Å². The Balaban J connectivity index is 1.93. The lowest BCUT2D eigenvalue weighted by Gasteiger charge is -2.41. The fourth-order valence-corrected chi connectivity index (χ4v) is 5.01. The Kier molecular flexibility index (Phi) is 4.53. The third-order valence-corrected chi connectivity index (χ3v) is 6.30. The van der Waals surface area contributed by atoms with Crippen LogP contribution in [0, 0.1) is 17.8 Å². The molecule has 10 heteroatoms. The summed E-state index contributed by atoms with van der Waals surface area (Å²) in [6, 6.07) is 3.07. The molecule has 0 saturated heterocycles. The number of anilines is 1. The molecular weight excluding hydrogens is 406 g/mol. The number of fused-ring (bicyclic) bond motifs is 3. The summed E-state index contributed by atoms with van der Waals surface area (Å²) in [4.78, 5) is 39.7. The predicted octanol–water partition coefficient (Wildman–Crippen LogP) is 0.972. The molecule has 0 aliphatic heterocycles. The number of hydrogen-bond donors (Lipinski definition) is 5. The van der Waals surface area contributed by atoms with Gasteiger partial charge in [0.15, 0.2) is 17.3 Å². The minimum Gasteiger partial charge on any atom is -0.511 e. The van der Waals surface area contributed by atoms with Crippen molar-refractivity contribution in [2.24, 2.45) is 28.6 Å². The van der Waals surface area contributed by atoms with Crippen molar-refractivity contribution in [1.82, 2.24) is 0 Å². The van der Waals surface area contributed by atoms with E-state index in [0.29, 0.717) is 5.56 Å². The second-order valence-corrected chi connectivity index (χ2v) is 8.14. The summed E-state index contributed by atoms with van der Waals surface area (Å²) in [7, 11) is 3.59. The molecule has 0 fully saturated rings. The van der Waals surface area contributed by atoms with E-state index in [9.17, 15) is 34.9 Å². The van der Waals surface area contributed by atoms with E-state index in [4.69, 9.17) is 5.73 Å². The number of benzene rings is 1. The molecule has 0 heterocycles. The highest BCUT2D eigenvalue weighted by Gasteiger charge is 2.53. The summed E-state index contributed by atoms with van der Waals surface area (Å²) in [5.41, 5.74) is 5.40. The van der Waals surface area contributed by atoms with Gasteiger partial charge >= 0.3 is 0 Å². The second kappa shape index (κ2) is 6.86. The van der Waals surface area contributed by atoms with Gasteiger partial charge in [0.2, 0.25) is 0 Å². The number of nitrogens with zero attached hydrogens (tertiary/aromatic N) is 2. The first-order valence-electron chi connectivity index (χ1n) is 9.59. The van der Waals surface area contributed by atoms with Gasteiger partial charge in [0, 0.05) is 31.3 Å². The molecule has 6 N–H and O–H groups in total. The quantitative estimate of drug-likeness (QED) is 0.264. The van der Waals surface area contributed by atoms with Crippen LogP contribution >= 0.6 is 0 Å². The Bertz CT molecular complexity index is 1150. The molecule has 4 rings (SSSR count). The summed E-state index contributed by atoms with van der Waals surface area (Å²) >= 11 is 0. The number of carbonyl (C=O) groups is 3. The molecule has 162 valence electrons. The summed E-state index contributed by atoms with van der Waals surface area (Å²) in [5, 5.41) is 44.2. The molecule has 3 aliphatic carbocycles. The number of amides is 1. The average Bonchev–Trinajstić information content (AvgIpc) is 2.67. The van der Waals surface area contributed by atoms with Crippen LogP contribution in [0.1, 0.15) is 22.3 Å². The van der Waals surface area contributed by atoms with E-state index in [0.717, 1.165) is 5.69 Å². The molecule has 0 radical (unpaired) electrons. The summed E-state index contributed by atoms with van der Waals surface area (Å²) < 4.78 is 0. The number of aliphatic hydroxyl groups is 2. The number of oxime groups is 1. The van der Waals surface area contributed by atoms with Crippen LogP contribution in [-0.4, -0.2) is 57.8 Å². The van der Waals surface area contributed by atoms with Gasteiger partial charge in [-0.15, -0.1) is 0 Å². The number of phenolic OH excluding ortho intramolecular Hbond substituents is 1. The highest BCUT2D eigenvalue weighted by molar-refractivity contribution is 6.28. The van der Waals surface area contributed by atoms with Crippen molar-refractivity contribution in [1.29, 1.82) is 0 Å². The van der Waals surface area contributed by atoms with Gasteiger partial charge in [-0.1, -0.05) is 5.16 Å². The third-order valence-electron chi connectivity index (χ3n) is 6.30. The van der Waals surface area contributed by atoms with Crippen LogP contribution in [0.15, 0.2) is 40.0 Å². The molecule has 1 amide bonds. The number of nitrogens with two attached hydrogens (primary N) is 1. The van der Waals surface area contributed by atoms with Crippen LogP contribution in [0.25, 0.3) is 0 Å². The Morgan fingerprint density at radius 2 is 1.87 bits per heavy atom. The highest BCUT2D eigenvalue weighted by atomic mass is 16.4. The number of Topliss-reactive ketones (excluding diaryl/α,β-unsaturated/α-hetero) is 2. The van der Waals surface area contributed by atoms with E-state index >= 15 is 0 Å². The fourth-order valence-electron chi connectivity index (χ4n) is 5.01. The van der Waals surface area contributed by atoms with Crippen molar-refractivity contribution < 1.29 is 34.9 Å². The standard InChI is InChI=1S/C21H21N3O7/c1-24(2)10-3-4-11(25)13-8(10)5-7-6-9-14(18(27)12(7)17(13)26)19(28)15(21(22)30)20(29)16(9)23-31/h3-4,7,9,14,25,27,29,31H,5-6H2,1-2H3,(H2,22,30)/b23-16-/t7-,9?,14?/m0/s1. The van der Waals surface area contributed by atoms with Crippen molar-refractivity contribution in [2.75, 3.05) is 19.0 Å². The number of phenols is 1. The molecule has 3 aliphatic rings. The Labute approximate surface area is 176 Å². The molecule has 0 saturated carbocycles. The van der Waals surface area contributed by atoms with Gasteiger partial charge in [0.05, 0.1) is 11.5 Å². The smallest absolute Gasteiger partial charge is 0.256 e. The zero-order chi connectivity index (χ0) is 22.8. The minimum absolute atomic E-state index is 0.0317. The number of ketones is 2. The molecule has 10 nitrogen and oxygen atoms in total. The Hall–Kier alpha value is -3.82. The fraction of sp³-hybridized carbons (Fsp3) is 0.333. The van der Waals surface area contributed by atoms with Gasteiger partial charge < -0.3 is 31.2 Å². The van der Waals surface area contributed by atoms with E-state index < -0.39 is 52.3 Å². The largest absolute Gasteiger partial charge is 0.511 e. The van der Waals surface area contributed by atoms with Crippen molar-refractivity contribution >= 4 is 28.9 Å². The molecular formula is C21H21N3O7. The number of aromatic hydroxyl groups is 1. The van der Waals surface area contributed by atoms with Gasteiger partial charge in [-0.3, -0.25) is 14.4 Å². The van der Waals surface area contributed by atoms with Gasteiger partial charge in [0.25, 0.3) is 5.91 Å². The molecule has 1 aromatic carbocycles. The first kappa shape index (κ1) is 20.5. The van der Waals surface area contributed by atoms with Crippen molar-refractivity contribution in [3.63, 3.8) is 0 Å². The van der Waals surface area contributed by atoms with Crippen molar-refractivity contribution in [2.45, 2.75) is 12.8 Å². The molecule has 0 aromatic heterocycles. The van der Waals surface area contributed by atoms with Crippen LogP contribution in [0.2, 0.25) is 0 Å². The lowest BCUT2D eigenvalue weighted by Crippen LogP contribution is -2.47. The highest BCUT2D eigenvalue weighted by Crippen LogP contribution is 2.49. The zero-order valence-corrected chi connectivity index (χ0v) is 16.8. The van der Waals surface area contributed by atoms with Gasteiger partial charge in [-0.25, -0.2) is 0 Å². The normalized spacial score (nSPS) is 26.5. The molecule has 0 bridgehead atoms. The number of allylic oxidation sites excluding steroid dienone is 3. The van der Waals surface area contributed by atoms with E-state index in [-0.39, 0.29) is 35.4 Å². The lowest BCUT2D eigenvalue weighted by atomic mass is 9.62. The monoisotopic (exact) mass is 427 g/mol. The lowest BCUT2D eigenvalue weighted by molar-refractivity contribution is -0.124. The first-order valence-corrected chi connectivity index (χ1v) is 9.59. The number of hydrogen-bond acceptors (Lipinski definition) is 9. The van der Waals surface area contributed by atoms with Gasteiger partial charge in [0.1, 0.15) is 22.8 Å². The second-order valence-electron chi connectivity index (χ2n) is 8.14. The number of primary amides is 1. The first-order chi connectivity index (χ1) is 14.6. The van der Waals surface area contributed by atoms with E-state index in [1.807, 2.05) is 0 Å². The van der Waals surface area contributed by atoms with Crippen LogP contribution in [0.4, 0.5) is 5.69 Å². The molecule has 31 heavy (non-hydrogen) atoms. The maximum Gasteiger partial charge on any atom is 0.256 e. The van der Waals surface area contributed by atoms with Gasteiger partial charge in [-0.2, -0.15) is 0 Å².